The summed E-state index contributed by atoms with van der Waals surface area (Å²) in [5.41, 5.74) is 7.32. The van der Waals surface area contributed by atoms with Crippen LogP contribution in [0.2, 0.25) is 0 Å². The first-order valence-electron chi connectivity index (χ1n) is 11.6. The Hall–Kier alpha value is -4.97. The van der Waals surface area contributed by atoms with Gasteiger partial charge in [0, 0.05) is 22.8 Å². The minimum atomic E-state index is -3.99. The number of hydrogen-bond donors (Lipinski definition) is 4. The molecule has 2 amide bonds. The number of amides is 2. The average molecular weight is 548 g/mol. The molecule has 0 aliphatic rings. The Kier molecular flexibility index (Phi) is 7.49. The Labute approximate surface area is 224 Å². The van der Waals surface area contributed by atoms with Crippen LogP contribution in [-0.4, -0.2) is 52.3 Å². The molecule has 4 rings (SSSR count). The number of anilines is 1. The number of carboxylic acid groups (broad SMARTS) is 1. The molecule has 0 radical (unpaired) electrons. The van der Waals surface area contributed by atoms with Crippen molar-refractivity contribution in [3.8, 4) is 0 Å². The van der Waals surface area contributed by atoms with Crippen LogP contribution in [0, 0.1) is 5.41 Å². The third kappa shape index (κ3) is 5.96. The Morgan fingerprint density at radius 3 is 2.23 bits per heavy atom. The Bertz CT molecular complexity index is 1700. The number of carboxylic acids is 1. The van der Waals surface area contributed by atoms with Crippen LogP contribution >= 0.6 is 0 Å². The number of nitrogens with two attached hydrogens (primary N) is 1. The molecule has 1 heterocycles. The van der Waals surface area contributed by atoms with Gasteiger partial charge in [-0.1, -0.05) is 42.5 Å². The third-order valence-electron chi connectivity index (χ3n) is 5.94. The molecule has 0 fully saturated rings. The number of amidine groups is 1. The number of nitrogens with one attached hydrogen (secondary N) is 2. The molecule has 5 N–H and O–H groups in total. The zero-order chi connectivity index (χ0) is 28.3. The van der Waals surface area contributed by atoms with Crippen molar-refractivity contribution < 1.29 is 27.9 Å². The Morgan fingerprint density at radius 1 is 0.974 bits per heavy atom. The first-order chi connectivity index (χ1) is 18.5. The van der Waals surface area contributed by atoms with Crippen molar-refractivity contribution in [3.63, 3.8) is 0 Å². The minimum Gasteiger partial charge on any atom is -0.478 e. The molecule has 0 unspecified atom stereocenters. The summed E-state index contributed by atoms with van der Waals surface area (Å²) < 4.78 is 27.5. The number of sulfonamides is 1. The monoisotopic (exact) mass is 547 g/mol. The number of benzene rings is 3. The van der Waals surface area contributed by atoms with Gasteiger partial charge in [0.2, 0.25) is 15.9 Å². The molecule has 4 aromatic rings. The van der Waals surface area contributed by atoms with Gasteiger partial charge in [-0.25, -0.2) is 17.5 Å². The number of carbonyl (C=O) groups is 3. The van der Waals surface area contributed by atoms with Gasteiger partial charge in [0.25, 0.3) is 5.91 Å². The maximum atomic E-state index is 13.7. The highest BCUT2D eigenvalue weighted by atomic mass is 32.2. The quantitative estimate of drug-likeness (QED) is 0.184. The number of aromatic carboxylic acids is 1. The minimum absolute atomic E-state index is 0.0139. The van der Waals surface area contributed by atoms with Crippen molar-refractivity contribution in [2.45, 2.75) is 13.1 Å². The van der Waals surface area contributed by atoms with E-state index in [9.17, 15) is 22.8 Å². The number of carbonyl (C=O) groups excluding carboxylic acids is 2. The van der Waals surface area contributed by atoms with Gasteiger partial charge in [0.1, 0.15) is 12.4 Å². The van der Waals surface area contributed by atoms with E-state index >= 15 is 0 Å². The molecule has 0 aliphatic carbocycles. The van der Waals surface area contributed by atoms with E-state index in [1.54, 1.807) is 42.5 Å². The van der Waals surface area contributed by atoms with Gasteiger partial charge < -0.3 is 20.7 Å². The lowest BCUT2D eigenvalue weighted by molar-refractivity contribution is -0.116. The summed E-state index contributed by atoms with van der Waals surface area (Å²) in [7, 11) is -3.99. The Balaban J connectivity index is 1.73. The largest absolute Gasteiger partial charge is 0.478 e. The first-order valence-corrected chi connectivity index (χ1v) is 13.5. The van der Waals surface area contributed by atoms with Crippen LogP contribution in [0.3, 0.4) is 0 Å². The highest BCUT2D eigenvalue weighted by molar-refractivity contribution is 7.88. The molecule has 0 bridgehead atoms. The summed E-state index contributed by atoms with van der Waals surface area (Å²) in [6.45, 7) is -0.492. The van der Waals surface area contributed by atoms with E-state index < -0.39 is 27.8 Å². The second-order valence-corrected chi connectivity index (χ2v) is 10.7. The van der Waals surface area contributed by atoms with Crippen LogP contribution in [0.25, 0.3) is 10.9 Å². The summed E-state index contributed by atoms with van der Waals surface area (Å²) in [5, 5.41) is 20.1. The fraction of sp³-hybridized carbons (Fsp3) is 0.111. The van der Waals surface area contributed by atoms with E-state index in [4.69, 9.17) is 16.2 Å². The predicted octanol–water partition coefficient (Wildman–Crippen LogP) is 2.86. The van der Waals surface area contributed by atoms with Gasteiger partial charge in [0.15, 0.2) is 0 Å². The molecule has 3 aromatic carbocycles. The topological polar surface area (TPSA) is 176 Å². The first kappa shape index (κ1) is 27.1. The maximum absolute atomic E-state index is 13.7. The zero-order valence-electron chi connectivity index (χ0n) is 20.8. The van der Waals surface area contributed by atoms with Gasteiger partial charge in [-0.2, -0.15) is 0 Å². The van der Waals surface area contributed by atoms with Gasteiger partial charge in [0.05, 0.1) is 29.4 Å². The van der Waals surface area contributed by atoms with Crippen LogP contribution in [-0.2, 0) is 27.9 Å². The second-order valence-electron chi connectivity index (χ2n) is 8.78. The lowest BCUT2D eigenvalue weighted by Crippen LogP contribution is -2.36. The number of hydrogen-bond acceptors (Lipinski definition) is 6. The summed E-state index contributed by atoms with van der Waals surface area (Å²) in [6.07, 6.45) is 2.40. The summed E-state index contributed by atoms with van der Waals surface area (Å²) in [4.78, 5) is 37.7. The molecular formula is C27H25N5O6S. The van der Waals surface area contributed by atoms with Crippen LogP contribution < -0.4 is 11.1 Å². The maximum Gasteiger partial charge on any atom is 0.335 e. The second kappa shape index (κ2) is 10.8. The number of para-hydroxylation sites is 1. The SMILES string of the molecule is CS(=O)(=O)N(Cc1ccccc1)C(=O)c1cccc2c(C(=N)N)cn(CC(=O)Nc3ccc(C(=O)O)cc3)c12. The summed E-state index contributed by atoms with van der Waals surface area (Å²) in [5.74, 6) is -2.70. The van der Waals surface area contributed by atoms with E-state index in [1.165, 1.54) is 41.1 Å². The van der Waals surface area contributed by atoms with Crippen molar-refractivity contribution in [3.05, 3.63) is 101 Å². The smallest absolute Gasteiger partial charge is 0.335 e. The number of fused-ring (bicyclic) bond motifs is 1. The highest BCUT2D eigenvalue weighted by Gasteiger charge is 2.28. The van der Waals surface area contributed by atoms with E-state index in [1.807, 2.05) is 0 Å². The van der Waals surface area contributed by atoms with Crippen molar-refractivity contribution in [1.82, 2.24) is 8.87 Å². The molecular weight excluding hydrogens is 522 g/mol. The van der Waals surface area contributed by atoms with Gasteiger partial charge in [-0.3, -0.25) is 15.0 Å². The van der Waals surface area contributed by atoms with Crippen LogP contribution in [0.4, 0.5) is 5.69 Å². The molecule has 0 spiro atoms. The molecule has 11 nitrogen and oxygen atoms in total. The van der Waals surface area contributed by atoms with E-state index in [0.717, 1.165) is 10.6 Å². The predicted molar refractivity (Wildman–Crippen MR) is 146 cm³/mol. The van der Waals surface area contributed by atoms with Crippen LogP contribution in [0.1, 0.15) is 31.8 Å². The number of nitrogens with zero attached hydrogens (tertiary/aromatic N) is 2. The van der Waals surface area contributed by atoms with Crippen molar-refractivity contribution in [2.24, 2.45) is 5.73 Å². The zero-order valence-corrected chi connectivity index (χ0v) is 21.6. The molecule has 12 heteroatoms. The van der Waals surface area contributed by atoms with Crippen LogP contribution in [0.5, 0.6) is 0 Å². The molecule has 39 heavy (non-hydrogen) atoms. The third-order valence-corrected chi connectivity index (χ3v) is 7.04. The van der Waals surface area contributed by atoms with Crippen molar-refractivity contribution in [2.75, 3.05) is 11.6 Å². The van der Waals surface area contributed by atoms with Gasteiger partial charge in [-0.15, -0.1) is 0 Å². The normalized spacial score (nSPS) is 11.2. The lowest BCUT2D eigenvalue weighted by Gasteiger charge is -2.21. The Morgan fingerprint density at radius 2 is 1.64 bits per heavy atom. The summed E-state index contributed by atoms with van der Waals surface area (Å²) in [6, 6.07) is 18.9. The van der Waals surface area contributed by atoms with E-state index in [-0.39, 0.29) is 41.1 Å². The van der Waals surface area contributed by atoms with E-state index in [0.29, 0.717) is 16.6 Å². The highest BCUT2D eigenvalue weighted by Crippen LogP contribution is 2.27. The van der Waals surface area contributed by atoms with Crippen LogP contribution in [0.15, 0.2) is 79.0 Å². The fourth-order valence-corrected chi connectivity index (χ4v) is 4.93. The lowest BCUT2D eigenvalue weighted by atomic mass is 10.1. The molecule has 0 aliphatic heterocycles. The van der Waals surface area contributed by atoms with Crippen molar-refractivity contribution >= 4 is 50.2 Å². The van der Waals surface area contributed by atoms with E-state index in [2.05, 4.69) is 5.32 Å². The standard InChI is InChI=1S/C27H25N5O6S/c1-39(37,38)32(14-17-6-3-2-4-7-17)26(34)21-9-5-8-20-22(25(28)29)15-31(24(20)21)16-23(33)30-19-12-10-18(11-13-19)27(35)36/h2-13,15H,14,16H2,1H3,(H3,28,29)(H,30,33)(H,35,36). The van der Waals surface area contributed by atoms with Crippen molar-refractivity contribution in [1.29, 1.82) is 5.41 Å². The fourth-order valence-electron chi connectivity index (χ4n) is 4.15. The molecule has 200 valence electrons. The molecule has 1 aromatic heterocycles. The number of rotatable bonds is 9. The molecule has 0 saturated carbocycles. The molecule has 0 atom stereocenters. The number of nitrogen functional groups attached to an aromatic ring is 1. The number of aromatic nitrogens is 1. The molecule has 0 saturated heterocycles. The van der Waals surface area contributed by atoms with Gasteiger partial charge in [-0.05, 0) is 35.9 Å². The average Bonchev–Trinajstić information content (AvgIpc) is 3.26. The summed E-state index contributed by atoms with van der Waals surface area (Å²) >= 11 is 0. The van der Waals surface area contributed by atoms with Gasteiger partial charge >= 0.3 is 5.97 Å².